The van der Waals surface area contributed by atoms with E-state index in [-0.39, 0.29) is 0 Å². The molecule has 1 heterocycles. The minimum atomic E-state index is 0.818. The summed E-state index contributed by atoms with van der Waals surface area (Å²) in [5.74, 6) is 2.84. The molecule has 0 bridgehead atoms. The smallest absolute Gasteiger partial charge is 0.00176 e. The van der Waals surface area contributed by atoms with Crippen LogP contribution in [0.2, 0.25) is 0 Å². The van der Waals surface area contributed by atoms with Crippen molar-refractivity contribution in [1.82, 2.24) is 4.90 Å². The van der Waals surface area contributed by atoms with Crippen LogP contribution in [0.15, 0.2) is 0 Å². The molecule has 0 aromatic carbocycles. The molecular weight excluding hydrogens is 190 g/mol. The lowest BCUT2D eigenvalue weighted by Crippen LogP contribution is -2.28. The lowest BCUT2D eigenvalue weighted by Gasteiger charge is -2.22. The predicted octanol–water partition coefficient (Wildman–Crippen LogP) is 3.06. The van der Waals surface area contributed by atoms with Crippen molar-refractivity contribution in [2.45, 2.75) is 39.5 Å². The molecule has 84 valence electrons. The second-order valence-corrected chi connectivity index (χ2v) is 5.02. The van der Waals surface area contributed by atoms with Crippen LogP contribution >= 0.6 is 12.6 Å². The molecule has 1 nitrogen and oxygen atoms in total. The van der Waals surface area contributed by atoms with Gasteiger partial charge in [0.05, 0.1) is 0 Å². The van der Waals surface area contributed by atoms with E-state index in [1.54, 1.807) is 0 Å². The molecule has 0 spiro atoms. The summed E-state index contributed by atoms with van der Waals surface area (Å²) in [7, 11) is 0. The Hall–Kier alpha value is 0.310. The highest BCUT2D eigenvalue weighted by atomic mass is 32.1. The van der Waals surface area contributed by atoms with Gasteiger partial charge in [-0.25, -0.2) is 0 Å². The molecule has 14 heavy (non-hydrogen) atoms. The van der Waals surface area contributed by atoms with E-state index in [4.69, 9.17) is 0 Å². The molecular formula is C12H25NS. The van der Waals surface area contributed by atoms with E-state index in [9.17, 15) is 0 Å². The van der Waals surface area contributed by atoms with Crippen molar-refractivity contribution in [2.75, 3.05) is 25.4 Å². The summed E-state index contributed by atoms with van der Waals surface area (Å²) >= 11 is 4.44. The molecule has 0 aromatic rings. The van der Waals surface area contributed by atoms with E-state index >= 15 is 0 Å². The van der Waals surface area contributed by atoms with Gasteiger partial charge in [-0.1, -0.05) is 26.7 Å². The second kappa shape index (κ2) is 6.73. The van der Waals surface area contributed by atoms with Crippen molar-refractivity contribution < 1.29 is 0 Å². The Bertz CT molecular complexity index is 149. The SMILES string of the molecule is CCCC(CS)CN1CCC(CC)C1. The van der Waals surface area contributed by atoms with Gasteiger partial charge >= 0.3 is 0 Å². The molecule has 2 atom stereocenters. The summed E-state index contributed by atoms with van der Waals surface area (Å²) in [5.41, 5.74) is 0. The largest absolute Gasteiger partial charge is 0.303 e. The Morgan fingerprint density at radius 1 is 1.43 bits per heavy atom. The fraction of sp³-hybridized carbons (Fsp3) is 1.00. The van der Waals surface area contributed by atoms with Gasteiger partial charge in [0.2, 0.25) is 0 Å². The van der Waals surface area contributed by atoms with Crippen LogP contribution in [0.3, 0.4) is 0 Å². The summed E-state index contributed by atoms with van der Waals surface area (Å²) in [6.45, 7) is 8.54. The van der Waals surface area contributed by atoms with E-state index in [1.165, 1.54) is 45.3 Å². The summed E-state index contributed by atoms with van der Waals surface area (Å²) in [5, 5.41) is 0. The zero-order chi connectivity index (χ0) is 10.4. The molecule has 1 aliphatic heterocycles. The van der Waals surface area contributed by atoms with Crippen LogP contribution in [0.4, 0.5) is 0 Å². The van der Waals surface area contributed by atoms with Gasteiger partial charge in [-0.2, -0.15) is 12.6 Å². The number of hydrogen-bond donors (Lipinski definition) is 1. The highest BCUT2D eigenvalue weighted by Crippen LogP contribution is 2.21. The van der Waals surface area contributed by atoms with Crippen LogP contribution in [-0.4, -0.2) is 30.3 Å². The molecule has 1 saturated heterocycles. The van der Waals surface area contributed by atoms with Gasteiger partial charge in [0.15, 0.2) is 0 Å². The molecule has 0 radical (unpaired) electrons. The maximum atomic E-state index is 4.44. The van der Waals surface area contributed by atoms with Gasteiger partial charge in [0, 0.05) is 13.1 Å². The van der Waals surface area contributed by atoms with E-state index in [0.717, 1.165) is 17.6 Å². The summed E-state index contributed by atoms with van der Waals surface area (Å²) < 4.78 is 0. The van der Waals surface area contributed by atoms with Crippen LogP contribution in [0.25, 0.3) is 0 Å². The molecule has 2 unspecified atom stereocenters. The molecule has 1 aliphatic rings. The Kier molecular flexibility index (Phi) is 5.95. The molecule has 1 fully saturated rings. The fourth-order valence-electron chi connectivity index (χ4n) is 2.43. The number of rotatable bonds is 6. The molecule has 1 rings (SSSR count). The van der Waals surface area contributed by atoms with Crippen LogP contribution < -0.4 is 0 Å². The van der Waals surface area contributed by atoms with Crippen molar-refractivity contribution in [2.24, 2.45) is 11.8 Å². The monoisotopic (exact) mass is 215 g/mol. The van der Waals surface area contributed by atoms with Crippen LogP contribution in [0, 0.1) is 11.8 Å². The van der Waals surface area contributed by atoms with Crippen molar-refractivity contribution >= 4 is 12.6 Å². The molecule has 0 saturated carbocycles. The molecule has 0 aliphatic carbocycles. The van der Waals surface area contributed by atoms with Gasteiger partial charge in [-0.15, -0.1) is 0 Å². The molecule has 0 aromatic heterocycles. The van der Waals surface area contributed by atoms with E-state index in [0.29, 0.717) is 0 Å². The number of thiol groups is 1. The third-order valence-electron chi connectivity index (χ3n) is 3.42. The zero-order valence-corrected chi connectivity index (χ0v) is 10.6. The van der Waals surface area contributed by atoms with Crippen LogP contribution in [0.5, 0.6) is 0 Å². The van der Waals surface area contributed by atoms with Crippen molar-refractivity contribution in [3.63, 3.8) is 0 Å². The Labute approximate surface area is 94.7 Å². The predicted molar refractivity (Wildman–Crippen MR) is 67.1 cm³/mol. The second-order valence-electron chi connectivity index (χ2n) is 4.66. The Morgan fingerprint density at radius 3 is 2.71 bits per heavy atom. The van der Waals surface area contributed by atoms with Gasteiger partial charge in [0.1, 0.15) is 0 Å². The first kappa shape index (κ1) is 12.4. The Balaban J connectivity index is 2.22. The summed E-state index contributed by atoms with van der Waals surface area (Å²) in [4.78, 5) is 2.64. The molecule has 0 amide bonds. The number of nitrogens with zero attached hydrogens (tertiary/aromatic N) is 1. The topological polar surface area (TPSA) is 3.24 Å². The average Bonchev–Trinajstić information content (AvgIpc) is 2.65. The third kappa shape index (κ3) is 3.82. The first-order valence-electron chi connectivity index (χ1n) is 6.13. The Morgan fingerprint density at radius 2 is 2.21 bits per heavy atom. The van der Waals surface area contributed by atoms with Crippen molar-refractivity contribution in [3.05, 3.63) is 0 Å². The lowest BCUT2D eigenvalue weighted by molar-refractivity contribution is 0.271. The average molecular weight is 215 g/mol. The van der Waals surface area contributed by atoms with Crippen LogP contribution in [-0.2, 0) is 0 Å². The minimum absolute atomic E-state index is 0.818. The number of hydrogen-bond acceptors (Lipinski definition) is 2. The first-order chi connectivity index (χ1) is 6.80. The van der Waals surface area contributed by atoms with E-state index < -0.39 is 0 Å². The summed E-state index contributed by atoms with van der Waals surface area (Å²) in [6, 6.07) is 0. The number of likely N-dealkylation sites (tertiary alicyclic amines) is 1. The normalized spacial score (nSPS) is 25.5. The maximum absolute atomic E-state index is 4.44. The zero-order valence-electron chi connectivity index (χ0n) is 9.71. The van der Waals surface area contributed by atoms with Crippen molar-refractivity contribution in [3.8, 4) is 0 Å². The molecule has 0 N–H and O–H groups in total. The third-order valence-corrected chi connectivity index (χ3v) is 3.94. The standard InChI is InChI=1S/C12H25NS/c1-3-5-12(10-14)9-13-7-6-11(4-2)8-13/h11-12,14H,3-10H2,1-2H3. The highest BCUT2D eigenvalue weighted by Gasteiger charge is 2.22. The van der Waals surface area contributed by atoms with Crippen LogP contribution in [0.1, 0.15) is 39.5 Å². The minimum Gasteiger partial charge on any atom is -0.303 e. The maximum Gasteiger partial charge on any atom is 0.00176 e. The fourth-order valence-corrected chi connectivity index (χ4v) is 2.72. The molecule has 2 heteroatoms. The van der Waals surface area contributed by atoms with E-state index in [2.05, 4.69) is 31.4 Å². The first-order valence-corrected chi connectivity index (χ1v) is 6.76. The highest BCUT2D eigenvalue weighted by molar-refractivity contribution is 7.80. The quantitative estimate of drug-likeness (QED) is 0.667. The van der Waals surface area contributed by atoms with Crippen molar-refractivity contribution in [1.29, 1.82) is 0 Å². The lowest BCUT2D eigenvalue weighted by atomic mass is 10.1. The van der Waals surface area contributed by atoms with Gasteiger partial charge in [-0.05, 0) is 37.0 Å². The van der Waals surface area contributed by atoms with E-state index in [1.807, 2.05) is 0 Å². The van der Waals surface area contributed by atoms with Gasteiger partial charge in [-0.3, -0.25) is 0 Å². The van der Waals surface area contributed by atoms with Gasteiger partial charge < -0.3 is 4.90 Å². The summed E-state index contributed by atoms with van der Waals surface area (Å²) in [6.07, 6.45) is 5.42. The van der Waals surface area contributed by atoms with Gasteiger partial charge in [0.25, 0.3) is 0 Å².